The molecule has 0 spiro atoms. The maximum Gasteiger partial charge on any atom is 0.164 e. The normalized spacial score (nSPS) is 19.3. The van der Waals surface area contributed by atoms with E-state index in [2.05, 4.69) is 38.3 Å². The third-order valence-corrected chi connectivity index (χ3v) is 5.39. The molecule has 0 saturated heterocycles. The minimum Gasteiger partial charge on any atom is -0.384 e. The van der Waals surface area contributed by atoms with Gasteiger partial charge in [-0.3, -0.25) is 0 Å². The number of pyridine rings is 1. The third-order valence-electron chi connectivity index (χ3n) is 5.39. The Labute approximate surface area is 163 Å². The number of hydrogen-bond acceptors (Lipinski definition) is 8. The first-order valence-electron chi connectivity index (χ1n) is 9.34. The molecule has 0 radical (unpaired) electrons. The van der Waals surface area contributed by atoms with Gasteiger partial charge in [0.1, 0.15) is 29.3 Å². The predicted molar refractivity (Wildman–Crippen MR) is 108 cm³/mol. The maximum absolute atomic E-state index is 9.14. The maximum atomic E-state index is 9.14. The van der Waals surface area contributed by atoms with Crippen LogP contribution in [0.3, 0.4) is 0 Å². The van der Waals surface area contributed by atoms with E-state index in [1.807, 2.05) is 17.7 Å². The van der Waals surface area contributed by atoms with E-state index in [4.69, 9.17) is 16.0 Å². The second-order valence-electron chi connectivity index (χ2n) is 7.25. The van der Waals surface area contributed by atoms with Crippen LogP contribution in [-0.4, -0.2) is 37.6 Å². The molecule has 1 aliphatic carbocycles. The standard InChI is InChI=1S/C19H23N9/c1-27-11-24-18-14(25-16-8-15(21)22-10-23-16)7-17(26-19(18)27)28(2)13-5-3-12(9-20)4-6-13/h7-8,10-13H,3-6H2,1-2H3,(H3,21,22,23,25,26). The van der Waals surface area contributed by atoms with Crippen LogP contribution in [-0.2, 0) is 7.05 Å². The zero-order valence-electron chi connectivity index (χ0n) is 16.0. The summed E-state index contributed by atoms with van der Waals surface area (Å²) in [6.45, 7) is 0. The van der Waals surface area contributed by atoms with Gasteiger partial charge in [0.25, 0.3) is 0 Å². The highest BCUT2D eigenvalue weighted by Gasteiger charge is 2.25. The van der Waals surface area contributed by atoms with E-state index < -0.39 is 0 Å². The van der Waals surface area contributed by atoms with Crippen molar-refractivity contribution in [2.24, 2.45) is 13.0 Å². The molecule has 144 valence electrons. The Kier molecular flexibility index (Phi) is 4.69. The summed E-state index contributed by atoms with van der Waals surface area (Å²) in [5.74, 6) is 2.04. The molecular weight excluding hydrogens is 354 g/mol. The number of imidazole rings is 1. The lowest BCUT2D eigenvalue weighted by atomic mass is 9.86. The summed E-state index contributed by atoms with van der Waals surface area (Å²) >= 11 is 0. The van der Waals surface area contributed by atoms with Crippen LogP contribution in [0.25, 0.3) is 11.2 Å². The lowest BCUT2D eigenvalue weighted by molar-refractivity contribution is 0.371. The molecule has 0 amide bonds. The molecule has 3 aromatic rings. The van der Waals surface area contributed by atoms with Crippen LogP contribution in [0.2, 0.25) is 0 Å². The van der Waals surface area contributed by atoms with Gasteiger partial charge in [-0.1, -0.05) is 0 Å². The van der Waals surface area contributed by atoms with Gasteiger partial charge in [0.15, 0.2) is 5.65 Å². The Balaban J connectivity index is 1.67. The molecule has 3 N–H and O–H groups in total. The van der Waals surface area contributed by atoms with Crippen molar-refractivity contribution < 1.29 is 0 Å². The topological polar surface area (TPSA) is 122 Å². The van der Waals surface area contributed by atoms with Crippen LogP contribution >= 0.6 is 0 Å². The first-order valence-corrected chi connectivity index (χ1v) is 9.34. The number of aromatic nitrogens is 5. The Hall–Kier alpha value is -3.41. The number of nitriles is 1. The van der Waals surface area contributed by atoms with E-state index in [0.29, 0.717) is 17.7 Å². The molecule has 0 atom stereocenters. The summed E-state index contributed by atoms with van der Waals surface area (Å²) < 4.78 is 1.90. The zero-order chi connectivity index (χ0) is 19.7. The minimum atomic E-state index is 0.178. The lowest BCUT2D eigenvalue weighted by Crippen LogP contribution is -2.35. The molecule has 1 saturated carbocycles. The fraction of sp³-hybridized carbons (Fsp3) is 0.421. The average Bonchev–Trinajstić information content (AvgIpc) is 3.09. The summed E-state index contributed by atoms with van der Waals surface area (Å²) in [7, 11) is 3.99. The summed E-state index contributed by atoms with van der Waals surface area (Å²) in [6.07, 6.45) is 7.03. The molecule has 3 heterocycles. The molecule has 0 aromatic carbocycles. The van der Waals surface area contributed by atoms with E-state index in [1.54, 1.807) is 12.4 Å². The van der Waals surface area contributed by atoms with Gasteiger partial charge >= 0.3 is 0 Å². The highest BCUT2D eigenvalue weighted by Crippen LogP contribution is 2.32. The van der Waals surface area contributed by atoms with E-state index in [0.717, 1.165) is 48.4 Å². The van der Waals surface area contributed by atoms with Crippen molar-refractivity contribution in [2.45, 2.75) is 31.7 Å². The summed E-state index contributed by atoms with van der Waals surface area (Å²) in [5, 5.41) is 12.4. The quantitative estimate of drug-likeness (QED) is 0.711. The highest BCUT2D eigenvalue weighted by molar-refractivity contribution is 5.90. The van der Waals surface area contributed by atoms with Crippen molar-refractivity contribution in [1.82, 2.24) is 24.5 Å². The predicted octanol–water partition coefficient (Wildman–Crippen LogP) is 2.60. The Bertz CT molecular complexity index is 1030. The van der Waals surface area contributed by atoms with Crippen LogP contribution in [0.5, 0.6) is 0 Å². The molecular formula is C19H23N9. The van der Waals surface area contributed by atoms with Gasteiger partial charge in [0.2, 0.25) is 0 Å². The highest BCUT2D eigenvalue weighted by atomic mass is 15.2. The van der Waals surface area contributed by atoms with E-state index in [1.165, 1.54) is 6.33 Å². The number of rotatable bonds is 4. The van der Waals surface area contributed by atoms with Crippen LogP contribution in [0, 0.1) is 17.2 Å². The van der Waals surface area contributed by atoms with Crippen molar-refractivity contribution >= 4 is 34.3 Å². The molecule has 28 heavy (non-hydrogen) atoms. The van der Waals surface area contributed by atoms with Crippen molar-refractivity contribution in [1.29, 1.82) is 5.26 Å². The van der Waals surface area contributed by atoms with Crippen LogP contribution < -0.4 is 16.0 Å². The van der Waals surface area contributed by atoms with Crippen molar-refractivity contribution in [3.63, 3.8) is 0 Å². The molecule has 9 heteroatoms. The van der Waals surface area contributed by atoms with Gasteiger partial charge in [-0.15, -0.1) is 0 Å². The number of nitrogens with zero attached hydrogens (tertiary/aromatic N) is 7. The van der Waals surface area contributed by atoms with Crippen LogP contribution in [0.4, 0.5) is 23.1 Å². The molecule has 0 aliphatic heterocycles. The summed E-state index contributed by atoms with van der Waals surface area (Å²) in [6, 6.07) is 6.43. The van der Waals surface area contributed by atoms with Gasteiger partial charge < -0.3 is 20.5 Å². The number of nitrogens with two attached hydrogens (primary N) is 1. The molecule has 9 nitrogen and oxygen atoms in total. The van der Waals surface area contributed by atoms with Crippen LogP contribution in [0.15, 0.2) is 24.8 Å². The molecule has 1 aliphatic rings. The molecule has 0 bridgehead atoms. The summed E-state index contributed by atoms with van der Waals surface area (Å²) in [5.41, 5.74) is 8.15. The van der Waals surface area contributed by atoms with Gasteiger partial charge in [-0.25, -0.2) is 19.9 Å². The fourth-order valence-electron chi connectivity index (χ4n) is 3.72. The second-order valence-corrected chi connectivity index (χ2v) is 7.25. The zero-order valence-corrected chi connectivity index (χ0v) is 16.0. The first-order chi connectivity index (χ1) is 13.5. The molecule has 1 fully saturated rings. The van der Waals surface area contributed by atoms with Crippen molar-refractivity contribution in [3.8, 4) is 6.07 Å². The summed E-state index contributed by atoms with van der Waals surface area (Å²) in [4.78, 5) is 19.7. The van der Waals surface area contributed by atoms with E-state index in [-0.39, 0.29) is 5.92 Å². The molecule has 3 aromatic heterocycles. The second kappa shape index (κ2) is 7.31. The number of nitrogen functional groups attached to an aromatic ring is 1. The first kappa shape index (κ1) is 18.0. The van der Waals surface area contributed by atoms with Crippen LogP contribution in [0.1, 0.15) is 25.7 Å². The fourth-order valence-corrected chi connectivity index (χ4v) is 3.72. The number of aryl methyl sites for hydroxylation is 1. The number of hydrogen-bond donors (Lipinski definition) is 2. The number of anilines is 4. The van der Waals surface area contributed by atoms with Gasteiger partial charge in [-0.05, 0) is 25.7 Å². The monoisotopic (exact) mass is 377 g/mol. The van der Waals surface area contributed by atoms with Gasteiger partial charge in [-0.2, -0.15) is 5.26 Å². The smallest absolute Gasteiger partial charge is 0.164 e. The van der Waals surface area contributed by atoms with E-state index in [9.17, 15) is 0 Å². The average molecular weight is 377 g/mol. The van der Waals surface area contributed by atoms with Gasteiger partial charge in [0.05, 0.1) is 18.1 Å². The number of nitrogens with one attached hydrogen (secondary N) is 1. The van der Waals surface area contributed by atoms with Crippen molar-refractivity contribution in [2.75, 3.05) is 23.0 Å². The molecule has 4 rings (SSSR count). The molecule has 0 unspecified atom stereocenters. The Morgan fingerprint density at radius 2 is 2.00 bits per heavy atom. The minimum absolute atomic E-state index is 0.178. The van der Waals surface area contributed by atoms with Crippen molar-refractivity contribution in [3.05, 3.63) is 24.8 Å². The third kappa shape index (κ3) is 3.41. The largest absolute Gasteiger partial charge is 0.384 e. The Morgan fingerprint density at radius 3 is 2.71 bits per heavy atom. The lowest BCUT2D eigenvalue weighted by Gasteiger charge is -2.33. The van der Waals surface area contributed by atoms with E-state index >= 15 is 0 Å². The number of fused-ring (bicyclic) bond motifs is 1. The SMILES string of the molecule is CN(c1cc(Nc2cc(N)ncn2)c2ncn(C)c2n1)C1CCC(C#N)CC1. The van der Waals surface area contributed by atoms with Gasteiger partial charge in [0, 0.05) is 38.2 Å². The Morgan fingerprint density at radius 1 is 1.21 bits per heavy atom.